The van der Waals surface area contributed by atoms with Gasteiger partial charge in [-0.25, -0.2) is 0 Å². The van der Waals surface area contributed by atoms with Crippen LogP contribution in [-0.4, -0.2) is 13.0 Å². The molecule has 0 fully saturated rings. The van der Waals surface area contributed by atoms with Gasteiger partial charge in [-0.3, -0.25) is 4.79 Å². The lowest BCUT2D eigenvalue weighted by Gasteiger charge is -2.14. The number of carbonyl (C=O) groups excluding carboxylic acids is 1. The molecule has 20 heavy (non-hydrogen) atoms. The van der Waals surface area contributed by atoms with Crippen molar-refractivity contribution >= 4 is 22.9 Å². The first-order chi connectivity index (χ1) is 9.63. The van der Waals surface area contributed by atoms with E-state index in [2.05, 4.69) is 36.6 Å². The number of hydrogen-bond donors (Lipinski definition) is 2. The van der Waals surface area contributed by atoms with Crippen molar-refractivity contribution in [1.82, 2.24) is 5.32 Å². The van der Waals surface area contributed by atoms with E-state index in [1.165, 1.54) is 9.75 Å². The standard InChI is InChI=1S/C16H20N2OS/c1-4-14-8-9-15(20-14)11(2)18-13-7-5-6-12(10-13)16(19)17-3/h5-11,18H,4H2,1-3H3,(H,17,19). The minimum absolute atomic E-state index is 0.0642. The Balaban J connectivity index is 2.11. The average molecular weight is 288 g/mol. The Bertz CT molecular complexity index is 592. The van der Waals surface area contributed by atoms with E-state index >= 15 is 0 Å². The topological polar surface area (TPSA) is 41.1 Å². The van der Waals surface area contributed by atoms with Crippen LogP contribution in [0.5, 0.6) is 0 Å². The van der Waals surface area contributed by atoms with Crippen LogP contribution < -0.4 is 10.6 Å². The van der Waals surface area contributed by atoms with Gasteiger partial charge in [0, 0.05) is 28.1 Å². The fraction of sp³-hybridized carbons (Fsp3) is 0.312. The molecule has 4 heteroatoms. The van der Waals surface area contributed by atoms with E-state index in [0.717, 1.165) is 12.1 Å². The van der Waals surface area contributed by atoms with Crippen LogP contribution in [0.15, 0.2) is 36.4 Å². The summed E-state index contributed by atoms with van der Waals surface area (Å²) in [6.07, 6.45) is 1.07. The van der Waals surface area contributed by atoms with Gasteiger partial charge >= 0.3 is 0 Å². The van der Waals surface area contributed by atoms with E-state index in [9.17, 15) is 4.79 Å². The highest BCUT2D eigenvalue weighted by molar-refractivity contribution is 7.12. The first-order valence-corrected chi connectivity index (χ1v) is 7.63. The molecule has 0 saturated carbocycles. The minimum Gasteiger partial charge on any atom is -0.378 e. The van der Waals surface area contributed by atoms with Crippen molar-refractivity contribution in [1.29, 1.82) is 0 Å². The van der Waals surface area contributed by atoms with Gasteiger partial charge in [0.2, 0.25) is 0 Å². The van der Waals surface area contributed by atoms with Gasteiger partial charge in [0.05, 0.1) is 6.04 Å². The SMILES string of the molecule is CCc1ccc(C(C)Nc2cccc(C(=O)NC)c2)s1. The van der Waals surface area contributed by atoms with Crippen LogP contribution in [0.4, 0.5) is 5.69 Å². The second kappa shape index (κ2) is 6.57. The molecule has 2 rings (SSSR count). The van der Waals surface area contributed by atoms with Crippen LogP contribution in [0.1, 0.15) is 40.0 Å². The van der Waals surface area contributed by atoms with E-state index in [-0.39, 0.29) is 11.9 Å². The largest absolute Gasteiger partial charge is 0.378 e. The van der Waals surface area contributed by atoms with Crippen molar-refractivity contribution in [2.75, 3.05) is 12.4 Å². The molecule has 0 aliphatic rings. The number of aryl methyl sites for hydroxylation is 1. The summed E-state index contributed by atoms with van der Waals surface area (Å²) in [6, 6.07) is 12.2. The van der Waals surface area contributed by atoms with Gasteiger partial charge in [0.1, 0.15) is 0 Å². The van der Waals surface area contributed by atoms with Crippen LogP contribution in [0.25, 0.3) is 0 Å². The molecule has 0 saturated heterocycles. The summed E-state index contributed by atoms with van der Waals surface area (Å²) in [7, 11) is 1.64. The van der Waals surface area contributed by atoms with E-state index in [1.54, 1.807) is 7.05 Å². The Morgan fingerprint density at radius 3 is 2.75 bits per heavy atom. The Morgan fingerprint density at radius 1 is 1.30 bits per heavy atom. The van der Waals surface area contributed by atoms with Crippen molar-refractivity contribution in [3.8, 4) is 0 Å². The van der Waals surface area contributed by atoms with Crippen molar-refractivity contribution in [3.05, 3.63) is 51.7 Å². The van der Waals surface area contributed by atoms with E-state index < -0.39 is 0 Å². The summed E-state index contributed by atoms with van der Waals surface area (Å²) >= 11 is 1.83. The van der Waals surface area contributed by atoms with Gasteiger partial charge in [-0.05, 0) is 43.7 Å². The highest BCUT2D eigenvalue weighted by atomic mass is 32.1. The number of nitrogens with one attached hydrogen (secondary N) is 2. The minimum atomic E-state index is -0.0642. The molecule has 0 spiro atoms. The zero-order valence-electron chi connectivity index (χ0n) is 12.1. The molecule has 1 heterocycles. The molecule has 0 aliphatic heterocycles. The van der Waals surface area contributed by atoms with Crippen LogP contribution in [0.2, 0.25) is 0 Å². The van der Waals surface area contributed by atoms with Gasteiger partial charge in [-0.15, -0.1) is 11.3 Å². The summed E-state index contributed by atoms with van der Waals surface area (Å²) in [5.74, 6) is -0.0642. The highest BCUT2D eigenvalue weighted by Crippen LogP contribution is 2.26. The Labute approximate surface area is 124 Å². The van der Waals surface area contributed by atoms with Crippen molar-refractivity contribution in [2.24, 2.45) is 0 Å². The first kappa shape index (κ1) is 14.6. The molecule has 1 aromatic heterocycles. The maximum absolute atomic E-state index is 11.6. The third-order valence-corrected chi connectivity index (χ3v) is 4.60. The summed E-state index contributed by atoms with van der Waals surface area (Å²) < 4.78 is 0. The molecule has 1 unspecified atom stereocenters. The smallest absolute Gasteiger partial charge is 0.251 e. The zero-order chi connectivity index (χ0) is 14.5. The fourth-order valence-electron chi connectivity index (χ4n) is 2.03. The maximum atomic E-state index is 11.6. The Kier molecular flexibility index (Phi) is 4.79. The van der Waals surface area contributed by atoms with Crippen molar-refractivity contribution in [3.63, 3.8) is 0 Å². The number of rotatable bonds is 5. The van der Waals surface area contributed by atoms with Crippen LogP contribution in [-0.2, 0) is 6.42 Å². The van der Waals surface area contributed by atoms with E-state index in [4.69, 9.17) is 0 Å². The molecule has 1 aromatic carbocycles. The lowest BCUT2D eigenvalue weighted by atomic mass is 10.1. The normalized spacial score (nSPS) is 11.9. The van der Waals surface area contributed by atoms with Crippen LogP contribution in [0, 0.1) is 0 Å². The summed E-state index contributed by atoms with van der Waals surface area (Å²) in [6.45, 7) is 4.30. The number of carbonyl (C=O) groups is 1. The molecular weight excluding hydrogens is 268 g/mol. The van der Waals surface area contributed by atoms with Gasteiger partial charge in [0.25, 0.3) is 5.91 Å². The van der Waals surface area contributed by atoms with Gasteiger partial charge in [-0.1, -0.05) is 13.0 Å². The third-order valence-electron chi connectivity index (χ3n) is 3.19. The van der Waals surface area contributed by atoms with Gasteiger partial charge in [-0.2, -0.15) is 0 Å². The molecular formula is C16H20N2OS. The summed E-state index contributed by atoms with van der Waals surface area (Å²) in [5.41, 5.74) is 1.63. The lowest BCUT2D eigenvalue weighted by Crippen LogP contribution is -2.18. The summed E-state index contributed by atoms with van der Waals surface area (Å²) in [5, 5.41) is 6.09. The Hall–Kier alpha value is -1.81. The monoisotopic (exact) mass is 288 g/mol. The molecule has 2 aromatic rings. The maximum Gasteiger partial charge on any atom is 0.251 e. The number of anilines is 1. The summed E-state index contributed by atoms with van der Waals surface area (Å²) in [4.78, 5) is 14.3. The first-order valence-electron chi connectivity index (χ1n) is 6.81. The number of hydrogen-bond acceptors (Lipinski definition) is 3. The third kappa shape index (κ3) is 3.39. The molecule has 106 valence electrons. The highest BCUT2D eigenvalue weighted by Gasteiger charge is 2.09. The molecule has 1 amide bonds. The van der Waals surface area contributed by atoms with E-state index in [0.29, 0.717) is 5.56 Å². The van der Waals surface area contributed by atoms with E-state index in [1.807, 2.05) is 35.6 Å². The van der Waals surface area contributed by atoms with Crippen molar-refractivity contribution in [2.45, 2.75) is 26.3 Å². The Morgan fingerprint density at radius 2 is 2.10 bits per heavy atom. The number of benzene rings is 1. The second-order valence-corrected chi connectivity index (χ2v) is 5.88. The molecule has 0 radical (unpaired) electrons. The van der Waals surface area contributed by atoms with Gasteiger partial charge < -0.3 is 10.6 Å². The molecule has 0 aliphatic carbocycles. The predicted octanol–water partition coefficient (Wildman–Crippen LogP) is 3.84. The van der Waals surface area contributed by atoms with Gasteiger partial charge in [0.15, 0.2) is 0 Å². The fourth-order valence-corrected chi connectivity index (χ4v) is 2.99. The quantitative estimate of drug-likeness (QED) is 0.877. The molecule has 3 nitrogen and oxygen atoms in total. The molecule has 1 atom stereocenters. The molecule has 0 bridgehead atoms. The number of amides is 1. The molecule has 2 N–H and O–H groups in total. The predicted molar refractivity (Wildman–Crippen MR) is 85.6 cm³/mol. The second-order valence-electron chi connectivity index (χ2n) is 4.68. The van der Waals surface area contributed by atoms with Crippen molar-refractivity contribution < 1.29 is 4.79 Å². The number of thiophene rings is 1. The average Bonchev–Trinajstić information content (AvgIpc) is 2.95. The zero-order valence-corrected chi connectivity index (χ0v) is 12.9. The van der Waals surface area contributed by atoms with Crippen LogP contribution >= 0.6 is 11.3 Å². The lowest BCUT2D eigenvalue weighted by molar-refractivity contribution is 0.0963. The van der Waals surface area contributed by atoms with Crippen LogP contribution in [0.3, 0.4) is 0 Å².